The summed E-state index contributed by atoms with van der Waals surface area (Å²) >= 11 is 0. The molecule has 3 heterocycles. The van der Waals surface area contributed by atoms with Gasteiger partial charge in [-0.15, -0.1) is 0 Å². The molecule has 1 aliphatic heterocycles. The Kier molecular flexibility index (Phi) is 3.67. The van der Waals surface area contributed by atoms with Crippen LogP contribution in [0.4, 0.5) is 11.5 Å². The first-order valence-corrected chi connectivity index (χ1v) is 6.93. The summed E-state index contributed by atoms with van der Waals surface area (Å²) < 4.78 is 5.83. The highest BCUT2D eigenvalue weighted by Crippen LogP contribution is 2.37. The molecule has 1 unspecified atom stereocenters. The molecule has 0 fully saturated rings. The largest absolute Gasteiger partial charge is 0.468 e. The predicted octanol–water partition coefficient (Wildman–Crippen LogP) is 3.02. The van der Waals surface area contributed by atoms with Crippen molar-refractivity contribution in [2.24, 2.45) is 0 Å². The highest BCUT2D eigenvalue weighted by molar-refractivity contribution is 5.74. The van der Waals surface area contributed by atoms with Gasteiger partial charge in [-0.2, -0.15) is 0 Å². The molecule has 1 aliphatic rings. The van der Waals surface area contributed by atoms with Crippen LogP contribution in [0, 0.1) is 0 Å². The number of rotatable bonds is 5. The van der Waals surface area contributed by atoms with Crippen LogP contribution >= 0.6 is 0 Å². The number of anilines is 2. The summed E-state index contributed by atoms with van der Waals surface area (Å²) in [6.45, 7) is 2.79. The zero-order valence-corrected chi connectivity index (χ0v) is 11.5. The molecule has 2 aromatic rings. The number of nitrogens with zero attached hydrogens (tertiary/aromatic N) is 2. The maximum Gasteiger partial charge on any atom is 0.170 e. The van der Waals surface area contributed by atoms with Gasteiger partial charge in [0, 0.05) is 24.9 Å². The maximum atomic E-state index is 5.83. The highest BCUT2D eigenvalue weighted by Gasteiger charge is 2.24. The van der Waals surface area contributed by atoms with Crippen LogP contribution in [-0.4, -0.2) is 16.2 Å². The first-order chi connectivity index (χ1) is 9.86. The maximum absolute atomic E-state index is 5.83. The van der Waals surface area contributed by atoms with Crippen LogP contribution < -0.4 is 15.4 Å². The number of hydrogen-bond acceptors (Lipinski definition) is 5. The van der Waals surface area contributed by atoms with Crippen LogP contribution in [0.3, 0.4) is 0 Å². The van der Waals surface area contributed by atoms with Gasteiger partial charge in [0.1, 0.15) is 5.69 Å². The fourth-order valence-electron chi connectivity index (χ4n) is 2.23. The second-order valence-electron chi connectivity index (χ2n) is 4.75. The van der Waals surface area contributed by atoms with Gasteiger partial charge in [0.25, 0.3) is 0 Å². The monoisotopic (exact) mass is 270 g/mol. The van der Waals surface area contributed by atoms with Crippen molar-refractivity contribution in [3.8, 4) is 5.75 Å². The van der Waals surface area contributed by atoms with Gasteiger partial charge in [0.2, 0.25) is 0 Å². The van der Waals surface area contributed by atoms with Gasteiger partial charge in [-0.1, -0.05) is 19.4 Å². The molecule has 2 N–H and O–H groups in total. The quantitative estimate of drug-likeness (QED) is 0.874. The van der Waals surface area contributed by atoms with Crippen LogP contribution in [0.1, 0.15) is 25.5 Å². The average Bonchev–Trinajstić information content (AvgIpc) is 2.89. The number of aromatic nitrogens is 2. The van der Waals surface area contributed by atoms with Gasteiger partial charge < -0.3 is 15.4 Å². The van der Waals surface area contributed by atoms with E-state index in [1.54, 1.807) is 12.4 Å². The van der Waals surface area contributed by atoms with E-state index in [9.17, 15) is 0 Å². The lowest BCUT2D eigenvalue weighted by molar-refractivity contribution is 0.240. The summed E-state index contributed by atoms with van der Waals surface area (Å²) in [6, 6.07) is 7.77. The molecule has 0 radical (unpaired) electrons. The van der Waals surface area contributed by atoms with Crippen molar-refractivity contribution < 1.29 is 4.74 Å². The molecule has 0 spiro atoms. The van der Waals surface area contributed by atoms with Crippen LogP contribution in [0.15, 0.2) is 36.7 Å². The van der Waals surface area contributed by atoms with Crippen molar-refractivity contribution in [2.45, 2.75) is 32.5 Å². The van der Waals surface area contributed by atoms with E-state index in [4.69, 9.17) is 4.74 Å². The number of fused-ring (bicyclic) bond motifs is 1. The second kappa shape index (κ2) is 5.77. The van der Waals surface area contributed by atoms with Gasteiger partial charge in [-0.05, 0) is 12.1 Å². The van der Waals surface area contributed by atoms with Gasteiger partial charge >= 0.3 is 0 Å². The summed E-state index contributed by atoms with van der Waals surface area (Å²) in [7, 11) is 0. The third kappa shape index (κ3) is 2.66. The fraction of sp³-hybridized carbons (Fsp3) is 0.333. The Morgan fingerprint density at radius 1 is 1.25 bits per heavy atom. The summed E-state index contributed by atoms with van der Waals surface area (Å²) in [4.78, 5) is 8.67. The molecule has 0 saturated heterocycles. The molecule has 0 aromatic carbocycles. The van der Waals surface area contributed by atoms with Crippen molar-refractivity contribution in [3.05, 3.63) is 42.4 Å². The van der Waals surface area contributed by atoms with Crippen LogP contribution in [0.2, 0.25) is 0 Å². The Morgan fingerprint density at radius 2 is 2.20 bits per heavy atom. The van der Waals surface area contributed by atoms with E-state index in [1.807, 2.05) is 24.3 Å². The first-order valence-electron chi connectivity index (χ1n) is 6.93. The summed E-state index contributed by atoms with van der Waals surface area (Å²) in [5.74, 6) is 1.67. The van der Waals surface area contributed by atoms with E-state index in [-0.39, 0.29) is 6.23 Å². The molecule has 5 heteroatoms. The second-order valence-corrected chi connectivity index (χ2v) is 4.75. The normalized spacial score (nSPS) is 16.1. The van der Waals surface area contributed by atoms with E-state index in [1.165, 1.54) is 0 Å². The zero-order chi connectivity index (χ0) is 13.8. The lowest BCUT2D eigenvalue weighted by atomic mass is 10.3. The van der Waals surface area contributed by atoms with Crippen LogP contribution in [0.25, 0.3) is 0 Å². The predicted molar refractivity (Wildman–Crippen MR) is 78.7 cm³/mol. The van der Waals surface area contributed by atoms with Crippen molar-refractivity contribution in [3.63, 3.8) is 0 Å². The average molecular weight is 270 g/mol. The van der Waals surface area contributed by atoms with E-state index in [0.717, 1.165) is 35.8 Å². The number of hydrogen-bond donors (Lipinski definition) is 2. The van der Waals surface area contributed by atoms with Gasteiger partial charge in [0.05, 0.1) is 12.2 Å². The van der Waals surface area contributed by atoms with E-state index >= 15 is 0 Å². The van der Waals surface area contributed by atoms with Gasteiger partial charge in [-0.3, -0.25) is 4.98 Å². The molecule has 1 atom stereocenters. The smallest absolute Gasteiger partial charge is 0.170 e. The minimum atomic E-state index is 0.0506. The standard InChI is InChI=1S/C15H18N4O/c1-2-5-13-19-14-12(20-13)7-9-17-15(14)18-10-11-6-3-4-8-16-11/h3-4,6-9,13,19H,2,5,10H2,1H3,(H,17,18). The minimum Gasteiger partial charge on any atom is -0.468 e. The lowest BCUT2D eigenvalue weighted by Gasteiger charge is -2.10. The van der Waals surface area contributed by atoms with E-state index < -0.39 is 0 Å². The SMILES string of the molecule is CCCC1Nc2c(ccnc2NCc2ccccn2)O1. The fourth-order valence-corrected chi connectivity index (χ4v) is 2.23. The third-order valence-electron chi connectivity index (χ3n) is 3.20. The Bertz CT molecular complexity index is 573. The highest BCUT2D eigenvalue weighted by atomic mass is 16.5. The molecule has 3 rings (SSSR count). The summed E-state index contributed by atoms with van der Waals surface area (Å²) in [5, 5.41) is 6.68. The molecule has 104 valence electrons. The molecule has 0 aliphatic carbocycles. The Balaban J connectivity index is 1.71. The van der Waals surface area contributed by atoms with Crippen molar-refractivity contribution in [2.75, 3.05) is 10.6 Å². The Hall–Kier alpha value is -2.30. The summed E-state index contributed by atoms with van der Waals surface area (Å²) in [5.41, 5.74) is 1.93. The molecule has 20 heavy (non-hydrogen) atoms. The minimum absolute atomic E-state index is 0.0506. The van der Waals surface area contributed by atoms with Gasteiger partial charge in [-0.25, -0.2) is 4.98 Å². The lowest BCUT2D eigenvalue weighted by Crippen LogP contribution is -2.19. The summed E-state index contributed by atoms with van der Waals surface area (Å²) in [6.07, 6.45) is 5.66. The van der Waals surface area contributed by atoms with Crippen molar-refractivity contribution >= 4 is 11.5 Å². The topological polar surface area (TPSA) is 59.1 Å². The molecular weight excluding hydrogens is 252 g/mol. The molecule has 0 bridgehead atoms. The zero-order valence-electron chi connectivity index (χ0n) is 11.5. The third-order valence-corrected chi connectivity index (χ3v) is 3.20. The Morgan fingerprint density at radius 3 is 3.00 bits per heavy atom. The molecule has 2 aromatic heterocycles. The van der Waals surface area contributed by atoms with Gasteiger partial charge in [0.15, 0.2) is 17.8 Å². The number of pyridine rings is 2. The van der Waals surface area contributed by atoms with Crippen molar-refractivity contribution in [1.82, 2.24) is 9.97 Å². The molecular formula is C15H18N4O. The van der Waals surface area contributed by atoms with Crippen LogP contribution in [-0.2, 0) is 6.54 Å². The van der Waals surface area contributed by atoms with E-state index in [0.29, 0.717) is 6.54 Å². The first kappa shape index (κ1) is 12.7. The number of nitrogens with one attached hydrogen (secondary N) is 2. The number of ether oxygens (including phenoxy) is 1. The molecule has 5 nitrogen and oxygen atoms in total. The molecule has 0 amide bonds. The van der Waals surface area contributed by atoms with Crippen LogP contribution in [0.5, 0.6) is 5.75 Å². The Labute approximate surface area is 118 Å². The van der Waals surface area contributed by atoms with Crippen molar-refractivity contribution in [1.29, 1.82) is 0 Å². The van der Waals surface area contributed by atoms with E-state index in [2.05, 4.69) is 27.5 Å². The molecule has 0 saturated carbocycles.